The summed E-state index contributed by atoms with van der Waals surface area (Å²) in [6, 6.07) is 47.6. The first-order valence-corrected chi connectivity index (χ1v) is 20.4. The minimum Gasteiger partial charge on any atom is -0.361 e. The summed E-state index contributed by atoms with van der Waals surface area (Å²) in [6.45, 7) is 4.62. The van der Waals surface area contributed by atoms with Crippen LogP contribution in [0.4, 0.5) is 0 Å². The second-order valence-electron chi connectivity index (χ2n) is 15.1. The molecular formula is C52H48N4. The number of nitrogens with one attached hydrogen (secondary N) is 2. The van der Waals surface area contributed by atoms with Crippen molar-refractivity contribution in [3.05, 3.63) is 168 Å². The largest absolute Gasteiger partial charge is 0.361 e. The van der Waals surface area contributed by atoms with Crippen LogP contribution in [0.5, 0.6) is 0 Å². The molecule has 0 aliphatic carbocycles. The van der Waals surface area contributed by atoms with E-state index in [1.807, 2.05) is 0 Å². The van der Waals surface area contributed by atoms with Gasteiger partial charge in [-0.05, 0) is 71.5 Å². The van der Waals surface area contributed by atoms with E-state index in [1.54, 1.807) is 0 Å². The van der Waals surface area contributed by atoms with Crippen molar-refractivity contribution in [3.63, 3.8) is 0 Å². The van der Waals surface area contributed by atoms with Crippen LogP contribution in [0, 0.1) is 0 Å². The first-order valence-electron chi connectivity index (χ1n) is 20.4. The molecule has 2 atom stereocenters. The number of rotatable bonds is 10. The molecule has 0 fully saturated rings. The number of hydrogen-bond acceptors (Lipinski definition) is 2. The molecule has 276 valence electrons. The Morgan fingerprint density at radius 1 is 0.393 bits per heavy atom. The van der Waals surface area contributed by atoms with Crippen LogP contribution in [0.3, 0.4) is 0 Å². The first kappa shape index (κ1) is 35.4. The number of unbranched alkanes of at least 4 members (excludes halogenated alkanes) is 2. The van der Waals surface area contributed by atoms with Crippen molar-refractivity contribution >= 4 is 35.3 Å². The number of H-pyrrole nitrogens is 2. The highest BCUT2D eigenvalue weighted by Crippen LogP contribution is 2.50. The Bertz CT molecular complexity index is 2420. The van der Waals surface area contributed by atoms with Crippen LogP contribution in [0.1, 0.15) is 98.4 Å². The molecule has 3 aliphatic heterocycles. The molecule has 0 radical (unpaired) electrons. The van der Waals surface area contributed by atoms with E-state index < -0.39 is 0 Å². The van der Waals surface area contributed by atoms with E-state index in [4.69, 9.17) is 9.97 Å². The number of hydrogen-bond donors (Lipinski definition) is 2. The third-order valence-corrected chi connectivity index (χ3v) is 11.6. The van der Waals surface area contributed by atoms with Gasteiger partial charge in [0.25, 0.3) is 0 Å². The van der Waals surface area contributed by atoms with Crippen LogP contribution in [-0.4, -0.2) is 19.9 Å². The predicted octanol–water partition coefficient (Wildman–Crippen LogP) is 14.3. The standard InChI is InChI=1S/C52H48N4/c1-3-5-27-39-40(28-6-4-2)52-50(38-25-17-10-18-26-38)46-34-32-44(55-46)48(36-21-13-8-14-22-36)42-30-29-41(53-42)47(35-19-11-7-12-20-35)43-31-33-45(54-43)49(51(39)56-52)37-23-15-9-16-24-37/h7-26,29-34,39-40,53,56H,3-6,27-28H2,1-2H3/t39-,40-/m0/s1. The second-order valence-corrected chi connectivity index (χ2v) is 15.1. The summed E-state index contributed by atoms with van der Waals surface area (Å²) in [5.41, 5.74) is 17.6. The maximum Gasteiger partial charge on any atom is 0.0737 e. The molecule has 2 aromatic heterocycles. The third kappa shape index (κ3) is 6.70. The van der Waals surface area contributed by atoms with E-state index >= 15 is 0 Å². The molecule has 56 heavy (non-hydrogen) atoms. The zero-order valence-corrected chi connectivity index (χ0v) is 32.3. The van der Waals surface area contributed by atoms with Gasteiger partial charge in [-0.25, -0.2) is 9.97 Å². The summed E-state index contributed by atoms with van der Waals surface area (Å²) in [7, 11) is 0. The highest BCUT2D eigenvalue weighted by atomic mass is 14.8. The van der Waals surface area contributed by atoms with Gasteiger partial charge in [-0.1, -0.05) is 161 Å². The average molecular weight is 729 g/mol. The lowest BCUT2D eigenvalue weighted by atomic mass is 9.79. The van der Waals surface area contributed by atoms with Gasteiger partial charge in [-0.15, -0.1) is 0 Å². The molecule has 0 saturated heterocycles. The number of fused-ring (bicyclic) bond motifs is 8. The van der Waals surface area contributed by atoms with Crippen molar-refractivity contribution in [2.75, 3.05) is 0 Å². The third-order valence-electron chi connectivity index (χ3n) is 11.6. The zero-order valence-electron chi connectivity index (χ0n) is 32.3. The maximum atomic E-state index is 5.58. The first-order chi connectivity index (χ1) is 27.7. The van der Waals surface area contributed by atoms with Crippen LogP contribution in [0.25, 0.3) is 79.8 Å². The predicted molar refractivity (Wildman–Crippen MR) is 236 cm³/mol. The lowest BCUT2D eigenvalue weighted by molar-refractivity contribution is 0.467. The van der Waals surface area contributed by atoms with Gasteiger partial charge in [-0.3, -0.25) is 0 Å². The van der Waals surface area contributed by atoms with Crippen molar-refractivity contribution in [2.24, 2.45) is 0 Å². The maximum absolute atomic E-state index is 5.58. The number of benzene rings is 4. The van der Waals surface area contributed by atoms with Crippen LogP contribution in [-0.2, 0) is 0 Å². The minimum absolute atomic E-state index is 0.297. The Balaban J connectivity index is 1.50. The van der Waals surface area contributed by atoms with Crippen LogP contribution in [0.15, 0.2) is 133 Å². The smallest absolute Gasteiger partial charge is 0.0737 e. The summed E-state index contributed by atoms with van der Waals surface area (Å²) < 4.78 is 0. The van der Waals surface area contributed by atoms with E-state index in [2.05, 4.69) is 182 Å². The molecule has 4 heteroatoms. The van der Waals surface area contributed by atoms with Gasteiger partial charge in [0, 0.05) is 56.5 Å². The molecule has 0 amide bonds. The fourth-order valence-corrected chi connectivity index (χ4v) is 8.92. The van der Waals surface area contributed by atoms with Crippen molar-refractivity contribution in [2.45, 2.75) is 64.2 Å². The summed E-state index contributed by atoms with van der Waals surface area (Å²) in [6.07, 6.45) is 15.7. The Kier molecular flexibility index (Phi) is 10.0. The SMILES string of the molecule is CCCC[C@@H]1c2[nH]c(c(-c3ccccc3)c3nc(c(-c4ccccc4)c4ccc([nH]4)c(-c4ccccc4)c4nc(c2-c2ccccc2)C=C4)C=C3)[C@H]1CCCC. The Labute approximate surface area is 330 Å². The molecule has 0 unspecified atom stereocenters. The molecule has 3 aliphatic rings. The van der Waals surface area contributed by atoms with Gasteiger partial charge in [0.15, 0.2) is 0 Å². The molecular weight excluding hydrogens is 681 g/mol. The summed E-state index contributed by atoms with van der Waals surface area (Å²) >= 11 is 0. The summed E-state index contributed by atoms with van der Waals surface area (Å²) in [4.78, 5) is 19.3. The lowest BCUT2D eigenvalue weighted by Crippen LogP contribution is -2.09. The Hall–Kier alpha value is -6.26. The zero-order chi connectivity index (χ0) is 37.8. The Morgan fingerprint density at radius 2 is 0.714 bits per heavy atom. The highest BCUT2D eigenvalue weighted by Gasteiger charge is 2.36. The molecule has 4 nitrogen and oxygen atoms in total. The molecule has 9 rings (SSSR count). The summed E-state index contributed by atoms with van der Waals surface area (Å²) in [5.74, 6) is 0.593. The molecule has 5 heterocycles. The van der Waals surface area contributed by atoms with Crippen LogP contribution in [0.2, 0.25) is 0 Å². The van der Waals surface area contributed by atoms with Crippen molar-refractivity contribution < 1.29 is 0 Å². The average Bonchev–Trinajstić information content (AvgIpc) is 4.08. The second kappa shape index (κ2) is 15.8. The van der Waals surface area contributed by atoms with Gasteiger partial charge in [0.1, 0.15) is 0 Å². The van der Waals surface area contributed by atoms with Gasteiger partial charge in [0.2, 0.25) is 0 Å². The molecule has 6 aromatic rings. The lowest BCUT2D eigenvalue weighted by Gasteiger charge is -2.23. The van der Waals surface area contributed by atoms with Gasteiger partial charge in [0.05, 0.1) is 22.8 Å². The van der Waals surface area contributed by atoms with E-state index in [-0.39, 0.29) is 0 Å². The monoisotopic (exact) mass is 728 g/mol. The van der Waals surface area contributed by atoms with Crippen LogP contribution < -0.4 is 0 Å². The quantitative estimate of drug-likeness (QED) is 0.147. The fraction of sp³-hybridized carbons (Fsp3) is 0.192. The van der Waals surface area contributed by atoms with Crippen molar-refractivity contribution in [1.82, 2.24) is 19.9 Å². The fourth-order valence-electron chi connectivity index (χ4n) is 8.92. The topological polar surface area (TPSA) is 57.4 Å². The van der Waals surface area contributed by atoms with Gasteiger partial charge in [-0.2, -0.15) is 0 Å². The van der Waals surface area contributed by atoms with E-state index in [1.165, 1.54) is 33.6 Å². The number of aromatic nitrogens is 4. The normalized spacial score (nSPS) is 15.2. The number of nitrogens with zero attached hydrogens (tertiary/aromatic N) is 2. The van der Waals surface area contributed by atoms with Crippen molar-refractivity contribution in [3.8, 4) is 44.5 Å². The molecule has 4 aromatic carbocycles. The van der Waals surface area contributed by atoms with Gasteiger partial charge < -0.3 is 9.97 Å². The molecule has 0 saturated carbocycles. The number of aromatic amines is 2. The van der Waals surface area contributed by atoms with E-state index in [0.717, 1.165) is 94.6 Å². The van der Waals surface area contributed by atoms with E-state index in [0.29, 0.717) is 11.8 Å². The molecule has 8 bridgehead atoms. The van der Waals surface area contributed by atoms with Crippen LogP contribution >= 0.6 is 0 Å². The van der Waals surface area contributed by atoms with Gasteiger partial charge >= 0.3 is 0 Å². The Morgan fingerprint density at radius 3 is 1.05 bits per heavy atom. The van der Waals surface area contributed by atoms with Crippen molar-refractivity contribution in [1.29, 1.82) is 0 Å². The molecule has 0 spiro atoms. The van der Waals surface area contributed by atoms with E-state index in [9.17, 15) is 0 Å². The minimum atomic E-state index is 0.297. The molecule has 2 N–H and O–H groups in total. The highest BCUT2D eigenvalue weighted by molar-refractivity contribution is 5.96. The summed E-state index contributed by atoms with van der Waals surface area (Å²) in [5, 5.41) is 0.